The zero-order chi connectivity index (χ0) is 17.7. The summed E-state index contributed by atoms with van der Waals surface area (Å²) in [5.74, 6) is 0.775. The summed E-state index contributed by atoms with van der Waals surface area (Å²) in [6.07, 6.45) is 17.6. The average molecular weight is 345 g/mol. The molecule has 1 heteroatoms. The van der Waals surface area contributed by atoms with Crippen molar-refractivity contribution in [2.75, 3.05) is 0 Å². The summed E-state index contributed by atoms with van der Waals surface area (Å²) >= 11 is 0. The van der Waals surface area contributed by atoms with Gasteiger partial charge in [-0.3, -0.25) is 0 Å². The molecule has 0 saturated carbocycles. The molecule has 0 radical (unpaired) electrons. The minimum absolute atomic E-state index is 0.775. The summed E-state index contributed by atoms with van der Waals surface area (Å²) < 4.78 is 0. The smallest absolute Gasteiger partial charge is 0.0448 e. The number of rotatable bonds is 13. The summed E-state index contributed by atoms with van der Waals surface area (Å²) in [5, 5.41) is 0. The molecule has 0 aromatic heterocycles. The minimum Gasteiger partial charge on any atom is -0.0811 e. The molecule has 0 heterocycles. The SMILES string of the molecule is CCCCCCCCCCC(/C=C/c1ccccc1)C[Si](C)(C)C. The van der Waals surface area contributed by atoms with Gasteiger partial charge in [0.2, 0.25) is 0 Å². The van der Waals surface area contributed by atoms with Crippen LogP contribution in [0.2, 0.25) is 25.7 Å². The van der Waals surface area contributed by atoms with Crippen LogP contribution in [-0.4, -0.2) is 8.07 Å². The summed E-state index contributed by atoms with van der Waals surface area (Å²) in [4.78, 5) is 0. The molecular weight excluding hydrogens is 304 g/mol. The minimum atomic E-state index is -1.00. The van der Waals surface area contributed by atoms with Gasteiger partial charge in [0.1, 0.15) is 0 Å². The molecular formula is C23H40Si. The van der Waals surface area contributed by atoms with Crippen molar-refractivity contribution >= 4 is 14.1 Å². The summed E-state index contributed by atoms with van der Waals surface area (Å²) in [6.45, 7) is 9.81. The lowest BCUT2D eigenvalue weighted by atomic mass is 10.00. The molecule has 0 spiro atoms. The maximum Gasteiger partial charge on any atom is 0.0448 e. The van der Waals surface area contributed by atoms with E-state index in [2.05, 4.69) is 69.0 Å². The monoisotopic (exact) mass is 344 g/mol. The molecule has 1 atom stereocenters. The maximum atomic E-state index is 2.50. The predicted molar refractivity (Wildman–Crippen MR) is 114 cm³/mol. The van der Waals surface area contributed by atoms with Crippen molar-refractivity contribution < 1.29 is 0 Å². The Balaban J connectivity index is 2.33. The first-order valence-corrected chi connectivity index (χ1v) is 14.0. The van der Waals surface area contributed by atoms with E-state index in [1.54, 1.807) is 0 Å². The van der Waals surface area contributed by atoms with Gasteiger partial charge in [0.25, 0.3) is 0 Å². The number of hydrogen-bond donors (Lipinski definition) is 0. The molecule has 1 aromatic carbocycles. The molecule has 0 aliphatic heterocycles. The molecule has 0 aliphatic rings. The number of unbranched alkanes of at least 4 members (excludes halogenated alkanes) is 7. The van der Waals surface area contributed by atoms with E-state index in [-0.39, 0.29) is 0 Å². The van der Waals surface area contributed by atoms with Gasteiger partial charge in [-0.2, -0.15) is 0 Å². The van der Waals surface area contributed by atoms with Crippen LogP contribution in [0.15, 0.2) is 36.4 Å². The van der Waals surface area contributed by atoms with E-state index in [1.165, 1.54) is 69.4 Å². The fourth-order valence-electron chi connectivity index (χ4n) is 3.40. The van der Waals surface area contributed by atoms with Crippen LogP contribution >= 0.6 is 0 Å². The molecule has 24 heavy (non-hydrogen) atoms. The third kappa shape index (κ3) is 11.7. The first kappa shape index (κ1) is 21.2. The molecule has 1 rings (SSSR count). The Morgan fingerprint density at radius 1 is 0.833 bits per heavy atom. The highest BCUT2D eigenvalue weighted by atomic mass is 28.3. The summed E-state index contributed by atoms with van der Waals surface area (Å²) in [7, 11) is -1.00. The molecule has 0 saturated heterocycles. The lowest BCUT2D eigenvalue weighted by Gasteiger charge is -2.22. The van der Waals surface area contributed by atoms with Crippen molar-refractivity contribution in [2.24, 2.45) is 5.92 Å². The topological polar surface area (TPSA) is 0 Å². The van der Waals surface area contributed by atoms with Crippen LogP contribution in [0.1, 0.15) is 70.3 Å². The molecule has 0 fully saturated rings. The Morgan fingerprint density at radius 3 is 2.00 bits per heavy atom. The van der Waals surface area contributed by atoms with E-state index in [0.717, 1.165) is 5.92 Å². The Hall–Kier alpha value is -0.823. The van der Waals surface area contributed by atoms with Crippen LogP contribution in [0.3, 0.4) is 0 Å². The molecule has 0 bridgehead atoms. The summed E-state index contributed by atoms with van der Waals surface area (Å²) in [5.41, 5.74) is 1.34. The van der Waals surface area contributed by atoms with Gasteiger partial charge >= 0.3 is 0 Å². The Bertz CT molecular complexity index is 427. The van der Waals surface area contributed by atoms with E-state index in [4.69, 9.17) is 0 Å². The highest BCUT2D eigenvalue weighted by Crippen LogP contribution is 2.24. The first-order chi connectivity index (χ1) is 11.5. The van der Waals surface area contributed by atoms with Gasteiger partial charge in [0.05, 0.1) is 0 Å². The number of benzene rings is 1. The van der Waals surface area contributed by atoms with Gasteiger partial charge in [-0.1, -0.05) is 126 Å². The second-order valence-corrected chi connectivity index (χ2v) is 14.1. The Morgan fingerprint density at radius 2 is 1.42 bits per heavy atom. The van der Waals surface area contributed by atoms with Gasteiger partial charge in [0, 0.05) is 8.07 Å². The van der Waals surface area contributed by atoms with Crippen molar-refractivity contribution in [1.82, 2.24) is 0 Å². The molecule has 1 unspecified atom stereocenters. The standard InChI is InChI=1S/C23H40Si/c1-5-6-7-8-9-10-11-13-18-23(21-24(2,3)4)20-19-22-16-14-12-15-17-22/h12,14-17,19-20,23H,5-11,13,18,21H2,1-4H3/b20-19+. The molecule has 1 aromatic rings. The van der Waals surface area contributed by atoms with Gasteiger partial charge in [0.15, 0.2) is 0 Å². The first-order valence-electron chi connectivity index (χ1n) is 10.2. The van der Waals surface area contributed by atoms with Crippen molar-refractivity contribution in [3.05, 3.63) is 42.0 Å². The van der Waals surface area contributed by atoms with Crippen LogP contribution in [0.5, 0.6) is 0 Å². The van der Waals surface area contributed by atoms with E-state index in [1.807, 2.05) is 0 Å². The molecule has 0 amide bonds. The number of hydrogen-bond acceptors (Lipinski definition) is 0. The van der Waals surface area contributed by atoms with Crippen molar-refractivity contribution in [3.8, 4) is 0 Å². The van der Waals surface area contributed by atoms with Gasteiger partial charge < -0.3 is 0 Å². The lowest BCUT2D eigenvalue weighted by molar-refractivity contribution is 0.531. The quantitative estimate of drug-likeness (QED) is 0.250. The normalized spacial score (nSPS) is 13.5. The fraction of sp³-hybridized carbons (Fsp3) is 0.652. The van der Waals surface area contributed by atoms with E-state index in [0.29, 0.717) is 0 Å². The maximum absolute atomic E-state index is 2.50. The van der Waals surface area contributed by atoms with Crippen molar-refractivity contribution in [1.29, 1.82) is 0 Å². The highest BCUT2D eigenvalue weighted by molar-refractivity contribution is 6.76. The second-order valence-electron chi connectivity index (χ2n) is 8.56. The van der Waals surface area contributed by atoms with E-state index >= 15 is 0 Å². The largest absolute Gasteiger partial charge is 0.0811 e. The summed E-state index contributed by atoms with van der Waals surface area (Å²) in [6, 6.07) is 12.2. The molecule has 0 N–H and O–H groups in total. The van der Waals surface area contributed by atoms with Crippen molar-refractivity contribution in [2.45, 2.75) is 90.4 Å². The zero-order valence-corrected chi connectivity index (χ0v) is 17.7. The Kier molecular flexibility index (Phi) is 11.1. The molecule has 0 nitrogen and oxygen atoms in total. The number of allylic oxidation sites excluding steroid dienone is 1. The predicted octanol–water partition coefficient (Wildman–Crippen LogP) is 8.19. The third-order valence-electron chi connectivity index (χ3n) is 4.66. The van der Waals surface area contributed by atoms with Gasteiger partial charge in [-0.25, -0.2) is 0 Å². The highest BCUT2D eigenvalue weighted by Gasteiger charge is 2.18. The fourth-order valence-corrected chi connectivity index (χ4v) is 5.32. The molecule has 136 valence electrons. The van der Waals surface area contributed by atoms with Crippen LogP contribution < -0.4 is 0 Å². The van der Waals surface area contributed by atoms with Crippen molar-refractivity contribution in [3.63, 3.8) is 0 Å². The Labute approximate surface area is 152 Å². The lowest BCUT2D eigenvalue weighted by Crippen LogP contribution is -2.23. The third-order valence-corrected chi connectivity index (χ3v) is 6.41. The zero-order valence-electron chi connectivity index (χ0n) is 16.7. The van der Waals surface area contributed by atoms with Gasteiger partial charge in [-0.05, 0) is 17.9 Å². The second kappa shape index (κ2) is 12.5. The van der Waals surface area contributed by atoms with Gasteiger partial charge in [-0.15, -0.1) is 0 Å². The van der Waals surface area contributed by atoms with E-state index < -0.39 is 8.07 Å². The molecule has 0 aliphatic carbocycles. The van der Waals surface area contributed by atoms with Crippen LogP contribution in [0, 0.1) is 5.92 Å². The van der Waals surface area contributed by atoms with Crippen LogP contribution in [0.25, 0.3) is 6.08 Å². The average Bonchev–Trinajstić information content (AvgIpc) is 2.54. The van der Waals surface area contributed by atoms with Crippen LogP contribution in [-0.2, 0) is 0 Å². The van der Waals surface area contributed by atoms with Crippen LogP contribution in [0.4, 0.5) is 0 Å². The van der Waals surface area contributed by atoms with E-state index in [9.17, 15) is 0 Å².